The molecule has 0 radical (unpaired) electrons. The van der Waals surface area contributed by atoms with Crippen molar-refractivity contribution < 1.29 is 23.7 Å². The second-order valence-electron chi connectivity index (χ2n) is 6.29. The smallest absolute Gasteiger partial charge is 0.252 e. The Balaban J connectivity index is 1.69. The molecule has 3 aromatic rings. The first-order valence-corrected chi connectivity index (χ1v) is 10.3. The highest BCUT2D eigenvalue weighted by Gasteiger charge is 2.16. The molecule has 0 saturated carbocycles. The number of carbonyl (C=O) groups is 1. The van der Waals surface area contributed by atoms with Gasteiger partial charge in [-0.15, -0.1) is 0 Å². The Hall–Kier alpha value is -3.46. The summed E-state index contributed by atoms with van der Waals surface area (Å²) >= 11 is 1.23. The van der Waals surface area contributed by atoms with E-state index < -0.39 is 0 Å². The van der Waals surface area contributed by atoms with E-state index in [1.807, 2.05) is 31.2 Å². The first-order valence-electron chi connectivity index (χ1n) is 9.32. The highest BCUT2D eigenvalue weighted by atomic mass is 32.2. The maximum Gasteiger partial charge on any atom is 0.252 e. The molecule has 8 nitrogen and oxygen atoms in total. The zero-order valence-electron chi connectivity index (χ0n) is 17.7. The van der Waals surface area contributed by atoms with Crippen LogP contribution in [0.4, 0.5) is 5.69 Å². The molecule has 2 aromatic carbocycles. The number of carbonyl (C=O) groups excluding carboxylic acids is 1. The van der Waals surface area contributed by atoms with Gasteiger partial charge in [0.05, 0.1) is 27.1 Å². The number of anilines is 1. The van der Waals surface area contributed by atoms with Crippen LogP contribution in [0.15, 0.2) is 53.8 Å². The molecule has 1 N–H and O–H groups in total. The Morgan fingerprint density at radius 1 is 0.968 bits per heavy atom. The molecule has 1 aromatic heterocycles. The van der Waals surface area contributed by atoms with Gasteiger partial charge in [-0.3, -0.25) is 4.79 Å². The second-order valence-corrected chi connectivity index (χ2v) is 7.25. The molecule has 0 aliphatic carbocycles. The molecular weight excluding hydrogens is 418 g/mol. The van der Waals surface area contributed by atoms with Crippen molar-refractivity contribution in [3.63, 3.8) is 0 Å². The Morgan fingerprint density at radius 2 is 1.65 bits per heavy atom. The van der Waals surface area contributed by atoms with Crippen molar-refractivity contribution in [2.75, 3.05) is 32.4 Å². The normalized spacial score (nSPS) is 10.3. The van der Waals surface area contributed by atoms with Crippen LogP contribution in [-0.4, -0.2) is 43.0 Å². The number of thioether (sulfide) groups is 1. The van der Waals surface area contributed by atoms with Gasteiger partial charge < -0.3 is 24.3 Å². The first-order chi connectivity index (χ1) is 15.0. The average molecular weight is 442 g/mol. The van der Waals surface area contributed by atoms with E-state index in [0.717, 1.165) is 5.56 Å². The zero-order valence-corrected chi connectivity index (χ0v) is 18.5. The van der Waals surface area contributed by atoms with Crippen LogP contribution in [-0.2, 0) is 4.79 Å². The van der Waals surface area contributed by atoms with Crippen LogP contribution >= 0.6 is 11.8 Å². The van der Waals surface area contributed by atoms with Gasteiger partial charge in [-0.25, -0.2) is 9.97 Å². The van der Waals surface area contributed by atoms with Crippen molar-refractivity contribution in [1.29, 1.82) is 0 Å². The fraction of sp³-hybridized carbons (Fsp3) is 0.227. The zero-order chi connectivity index (χ0) is 22.2. The quantitative estimate of drug-likeness (QED) is 0.491. The third kappa shape index (κ3) is 5.58. The topological polar surface area (TPSA) is 91.8 Å². The average Bonchev–Trinajstić information content (AvgIpc) is 2.79. The monoisotopic (exact) mass is 441 g/mol. The van der Waals surface area contributed by atoms with Crippen LogP contribution in [0.25, 0.3) is 0 Å². The molecule has 0 aliphatic heterocycles. The number of amides is 1. The first kappa shape index (κ1) is 22.2. The minimum atomic E-state index is -0.230. The van der Waals surface area contributed by atoms with E-state index in [1.165, 1.54) is 33.1 Å². The second kappa shape index (κ2) is 10.5. The van der Waals surface area contributed by atoms with Gasteiger partial charge in [0.25, 0.3) is 5.88 Å². The number of benzene rings is 2. The number of nitrogens with zero attached hydrogens (tertiary/aromatic N) is 2. The molecule has 31 heavy (non-hydrogen) atoms. The van der Waals surface area contributed by atoms with Crippen molar-refractivity contribution in [3.05, 3.63) is 54.4 Å². The van der Waals surface area contributed by atoms with Crippen LogP contribution in [0.5, 0.6) is 28.9 Å². The van der Waals surface area contributed by atoms with Gasteiger partial charge in [-0.2, -0.15) is 0 Å². The van der Waals surface area contributed by atoms with Crippen molar-refractivity contribution in [2.45, 2.75) is 11.9 Å². The Labute approximate surface area is 184 Å². The molecule has 0 aliphatic rings. The van der Waals surface area contributed by atoms with E-state index >= 15 is 0 Å². The summed E-state index contributed by atoms with van der Waals surface area (Å²) in [5, 5.41) is 3.35. The highest BCUT2D eigenvalue weighted by Crippen LogP contribution is 2.40. The standard InChI is InChI=1S/C22H23N3O5S/c1-14-7-5-6-8-16(14)30-21-22(24-10-9-23-21)31-13-19(26)25-15-11-17(27-2)20(29-4)18(12-15)28-3/h5-12H,13H2,1-4H3,(H,25,26). The summed E-state index contributed by atoms with van der Waals surface area (Å²) in [6.45, 7) is 1.95. The lowest BCUT2D eigenvalue weighted by Gasteiger charge is -2.14. The minimum absolute atomic E-state index is 0.111. The molecule has 0 fully saturated rings. The third-order valence-electron chi connectivity index (χ3n) is 4.22. The predicted octanol–water partition coefficient (Wildman–Crippen LogP) is 4.33. The minimum Gasteiger partial charge on any atom is -0.493 e. The predicted molar refractivity (Wildman–Crippen MR) is 119 cm³/mol. The van der Waals surface area contributed by atoms with Crippen molar-refractivity contribution >= 4 is 23.4 Å². The van der Waals surface area contributed by atoms with Gasteiger partial charge in [-0.05, 0) is 18.6 Å². The SMILES string of the molecule is COc1cc(NC(=O)CSc2nccnc2Oc2ccccc2C)cc(OC)c1OC. The van der Waals surface area contributed by atoms with Gasteiger partial charge in [0.2, 0.25) is 11.7 Å². The van der Waals surface area contributed by atoms with Gasteiger partial charge in [0.1, 0.15) is 5.75 Å². The van der Waals surface area contributed by atoms with E-state index in [2.05, 4.69) is 15.3 Å². The number of nitrogens with one attached hydrogen (secondary N) is 1. The number of ether oxygens (including phenoxy) is 4. The van der Waals surface area contributed by atoms with Crippen LogP contribution in [0.1, 0.15) is 5.56 Å². The molecule has 0 saturated heterocycles. The van der Waals surface area contributed by atoms with Crippen molar-refractivity contribution in [3.8, 4) is 28.9 Å². The summed E-state index contributed by atoms with van der Waals surface area (Å²) in [6, 6.07) is 11.0. The summed E-state index contributed by atoms with van der Waals surface area (Å²) in [7, 11) is 4.55. The van der Waals surface area contributed by atoms with Crippen LogP contribution in [0.2, 0.25) is 0 Å². The van der Waals surface area contributed by atoms with Gasteiger partial charge in [0, 0.05) is 30.2 Å². The molecule has 3 rings (SSSR count). The number of hydrogen-bond acceptors (Lipinski definition) is 8. The summed E-state index contributed by atoms with van der Waals surface area (Å²) in [6.07, 6.45) is 3.11. The van der Waals surface area contributed by atoms with Crippen LogP contribution in [0, 0.1) is 6.92 Å². The van der Waals surface area contributed by atoms with E-state index in [0.29, 0.717) is 39.6 Å². The van der Waals surface area contributed by atoms with Gasteiger partial charge in [-0.1, -0.05) is 30.0 Å². The van der Waals surface area contributed by atoms with Crippen LogP contribution in [0.3, 0.4) is 0 Å². The third-order valence-corrected chi connectivity index (χ3v) is 5.18. The highest BCUT2D eigenvalue weighted by molar-refractivity contribution is 8.00. The largest absolute Gasteiger partial charge is 0.493 e. The van der Waals surface area contributed by atoms with E-state index in [4.69, 9.17) is 18.9 Å². The van der Waals surface area contributed by atoms with E-state index in [9.17, 15) is 4.79 Å². The fourth-order valence-corrected chi connectivity index (χ4v) is 3.43. The number of hydrogen-bond donors (Lipinski definition) is 1. The molecular formula is C22H23N3O5S. The molecule has 0 spiro atoms. The maximum atomic E-state index is 12.5. The number of methoxy groups -OCH3 is 3. The summed E-state index contributed by atoms with van der Waals surface area (Å²) in [5.74, 6) is 2.27. The number of aromatic nitrogens is 2. The fourth-order valence-electron chi connectivity index (χ4n) is 2.74. The lowest BCUT2D eigenvalue weighted by molar-refractivity contribution is -0.113. The number of rotatable bonds is 9. The lowest BCUT2D eigenvalue weighted by Crippen LogP contribution is -2.14. The van der Waals surface area contributed by atoms with E-state index in [-0.39, 0.29) is 11.7 Å². The molecule has 0 atom stereocenters. The molecule has 0 bridgehead atoms. The Kier molecular flexibility index (Phi) is 7.55. The van der Waals surface area contributed by atoms with Crippen molar-refractivity contribution in [1.82, 2.24) is 9.97 Å². The molecule has 1 heterocycles. The lowest BCUT2D eigenvalue weighted by atomic mass is 10.2. The summed E-state index contributed by atoms with van der Waals surface area (Å²) < 4.78 is 21.8. The van der Waals surface area contributed by atoms with Gasteiger partial charge >= 0.3 is 0 Å². The van der Waals surface area contributed by atoms with Crippen LogP contribution < -0.4 is 24.3 Å². The molecule has 9 heteroatoms. The summed E-state index contributed by atoms with van der Waals surface area (Å²) in [5.41, 5.74) is 1.50. The summed E-state index contributed by atoms with van der Waals surface area (Å²) in [4.78, 5) is 21.1. The molecule has 162 valence electrons. The number of para-hydroxylation sites is 1. The number of aryl methyl sites for hydroxylation is 1. The Bertz CT molecular complexity index is 1040. The van der Waals surface area contributed by atoms with E-state index in [1.54, 1.807) is 24.5 Å². The molecule has 0 unspecified atom stereocenters. The molecule has 1 amide bonds. The van der Waals surface area contributed by atoms with Crippen molar-refractivity contribution in [2.24, 2.45) is 0 Å². The maximum absolute atomic E-state index is 12.5. The van der Waals surface area contributed by atoms with Gasteiger partial charge in [0.15, 0.2) is 16.5 Å². The Morgan fingerprint density at radius 3 is 2.29 bits per heavy atom.